The maximum absolute atomic E-state index is 12.5. The number of nitrogens with one attached hydrogen (secondary N) is 1. The molecule has 2 heterocycles. The molecule has 0 spiro atoms. The molecule has 2 bridgehead atoms. The van der Waals surface area contributed by atoms with Gasteiger partial charge in [0.2, 0.25) is 5.91 Å². The van der Waals surface area contributed by atoms with Gasteiger partial charge in [0.1, 0.15) is 5.75 Å². The van der Waals surface area contributed by atoms with Crippen molar-refractivity contribution in [2.45, 2.75) is 51.6 Å². The van der Waals surface area contributed by atoms with E-state index in [0.29, 0.717) is 25.1 Å². The molecule has 4 nitrogen and oxygen atoms in total. The molecule has 1 N–H and O–H groups in total. The third kappa shape index (κ3) is 4.18. The molecular formula is C18H27ClN2O2. The van der Waals surface area contributed by atoms with Crippen molar-refractivity contribution in [3.63, 3.8) is 0 Å². The lowest BCUT2D eigenvalue weighted by Crippen LogP contribution is -2.42. The second-order valence-corrected chi connectivity index (χ2v) is 6.52. The number of ether oxygens (including phenoxy) is 1. The van der Waals surface area contributed by atoms with E-state index in [2.05, 4.69) is 30.1 Å². The SMILES string of the molecule is Cc1ccc(OCCC(=O)N2C3CCNCC2CC3)cc1C.Cl. The Morgan fingerprint density at radius 3 is 2.78 bits per heavy atom. The Bertz CT molecular complexity index is 536. The van der Waals surface area contributed by atoms with Crippen molar-refractivity contribution in [2.24, 2.45) is 0 Å². The first-order valence-corrected chi connectivity index (χ1v) is 8.37. The highest BCUT2D eigenvalue weighted by molar-refractivity contribution is 5.85. The van der Waals surface area contributed by atoms with Gasteiger partial charge in [-0.15, -0.1) is 12.4 Å². The highest BCUT2D eigenvalue weighted by Crippen LogP contribution is 2.28. The molecular weight excluding hydrogens is 312 g/mol. The maximum atomic E-state index is 12.5. The van der Waals surface area contributed by atoms with Crippen molar-refractivity contribution in [3.8, 4) is 5.75 Å². The van der Waals surface area contributed by atoms with Gasteiger partial charge >= 0.3 is 0 Å². The zero-order valence-corrected chi connectivity index (χ0v) is 14.8. The van der Waals surface area contributed by atoms with E-state index in [1.54, 1.807) is 0 Å². The van der Waals surface area contributed by atoms with Crippen LogP contribution >= 0.6 is 12.4 Å². The lowest BCUT2D eigenvalue weighted by molar-refractivity contribution is -0.134. The zero-order chi connectivity index (χ0) is 15.5. The fourth-order valence-corrected chi connectivity index (χ4v) is 3.58. The molecule has 0 aromatic heterocycles. The average Bonchev–Trinajstić information content (AvgIpc) is 2.76. The van der Waals surface area contributed by atoms with Gasteiger partial charge in [-0.1, -0.05) is 6.07 Å². The number of nitrogens with zero attached hydrogens (tertiary/aromatic N) is 1. The van der Waals surface area contributed by atoms with Crippen molar-refractivity contribution < 1.29 is 9.53 Å². The molecule has 3 rings (SSSR count). The summed E-state index contributed by atoms with van der Waals surface area (Å²) in [5, 5.41) is 3.43. The number of aryl methyl sites for hydroxylation is 2. The summed E-state index contributed by atoms with van der Waals surface area (Å²) >= 11 is 0. The predicted molar refractivity (Wildman–Crippen MR) is 94.4 cm³/mol. The van der Waals surface area contributed by atoms with Crippen molar-refractivity contribution in [2.75, 3.05) is 19.7 Å². The summed E-state index contributed by atoms with van der Waals surface area (Å²) in [5.74, 6) is 1.11. The minimum Gasteiger partial charge on any atom is -0.493 e. The molecule has 128 valence electrons. The standard InChI is InChI=1S/C18H26N2O2.ClH/c1-13-3-6-17(11-14(13)2)22-10-8-18(21)20-15-4-5-16(20)12-19-9-7-15;/h3,6,11,15-16,19H,4-5,7-10,12H2,1-2H3;1H. The molecule has 0 saturated carbocycles. The van der Waals surface area contributed by atoms with E-state index < -0.39 is 0 Å². The summed E-state index contributed by atoms with van der Waals surface area (Å²) in [6, 6.07) is 6.91. The van der Waals surface area contributed by atoms with Gasteiger partial charge in [0.05, 0.1) is 13.0 Å². The maximum Gasteiger partial charge on any atom is 0.226 e. The summed E-state index contributed by atoms with van der Waals surface area (Å²) < 4.78 is 5.76. The average molecular weight is 339 g/mol. The van der Waals surface area contributed by atoms with Crippen LogP contribution in [0.15, 0.2) is 18.2 Å². The molecule has 2 aliphatic heterocycles. The summed E-state index contributed by atoms with van der Waals surface area (Å²) in [6.07, 6.45) is 3.86. The van der Waals surface area contributed by atoms with Crippen LogP contribution in [0.25, 0.3) is 0 Å². The van der Waals surface area contributed by atoms with Crippen LogP contribution < -0.4 is 10.1 Å². The number of amides is 1. The summed E-state index contributed by atoms with van der Waals surface area (Å²) in [4.78, 5) is 14.7. The topological polar surface area (TPSA) is 41.6 Å². The van der Waals surface area contributed by atoms with E-state index in [1.165, 1.54) is 11.1 Å². The van der Waals surface area contributed by atoms with Crippen LogP contribution in [0.1, 0.15) is 36.8 Å². The fourth-order valence-electron chi connectivity index (χ4n) is 3.58. The lowest BCUT2D eigenvalue weighted by atomic mass is 10.1. The Balaban J connectivity index is 0.00000192. The molecule has 2 atom stereocenters. The van der Waals surface area contributed by atoms with Crippen LogP contribution in [-0.4, -0.2) is 42.6 Å². The van der Waals surface area contributed by atoms with Gasteiger partial charge in [-0.3, -0.25) is 4.79 Å². The molecule has 1 aromatic rings. The van der Waals surface area contributed by atoms with E-state index in [9.17, 15) is 4.79 Å². The molecule has 23 heavy (non-hydrogen) atoms. The van der Waals surface area contributed by atoms with Crippen molar-refractivity contribution in [3.05, 3.63) is 29.3 Å². The largest absolute Gasteiger partial charge is 0.493 e. The van der Waals surface area contributed by atoms with Gasteiger partial charge in [-0.05, 0) is 62.9 Å². The highest BCUT2D eigenvalue weighted by Gasteiger charge is 2.37. The quantitative estimate of drug-likeness (QED) is 0.917. The van der Waals surface area contributed by atoms with Gasteiger partial charge in [0.15, 0.2) is 0 Å². The smallest absolute Gasteiger partial charge is 0.226 e. The Hall–Kier alpha value is -1.26. The first kappa shape index (κ1) is 18.1. The number of hydrogen-bond donors (Lipinski definition) is 1. The van der Waals surface area contributed by atoms with Gasteiger partial charge in [-0.25, -0.2) is 0 Å². The minimum atomic E-state index is 0. The van der Waals surface area contributed by atoms with Crippen LogP contribution in [0.5, 0.6) is 5.75 Å². The monoisotopic (exact) mass is 338 g/mol. The Kier molecular flexibility index (Phi) is 6.31. The number of benzene rings is 1. The van der Waals surface area contributed by atoms with E-state index in [1.807, 2.05) is 12.1 Å². The summed E-state index contributed by atoms with van der Waals surface area (Å²) in [6.45, 7) is 6.61. The van der Waals surface area contributed by atoms with Crippen molar-refractivity contribution in [1.82, 2.24) is 10.2 Å². The molecule has 0 radical (unpaired) electrons. The highest BCUT2D eigenvalue weighted by atomic mass is 35.5. The molecule has 1 aromatic carbocycles. The normalized spacial score (nSPS) is 23.1. The van der Waals surface area contributed by atoms with Crippen molar-refractivity contribution in [1.29, 1.82) is 0 Å². The van der Waals surface area contributed by atoms with E-state index >= 15 is 0 Å². The number of halogens is 1. The molecule has 1 amide bonds. The van der Waals surface area contributed by atoms with Crippen LogP contribution in [0.4, 0.5) is 0 Å². The molecule has 2 saturated heterocycles. The first-order chi connectivity index (χ1) is 10.6. The molecule has 5 heteroatoms. The molecule has 0 aliphatic carbocycles. The third-order valence-corrected chi connectivity index (χ3v) is 5.01. The van der Waals surface area contributed by atoms with Crippen molar-refractivity contribution >= 4 is 18.3 Å². The number of hydrogen-bond acceptors (Lipinski definition) is 3. The molecule has 2 fully saturated rings. The van der Waals surface area contributed by atoms with Gasteiger partial charge in [-0.2, -0.15) is 0 Å². The first-order valence-electron chi connectivity index (χ1n) is 8.37. The van der Waals surface area contributed by atoms with Gasteiger partial charge in [0, 0.05) is 18.6 Å². The van der Waals surface area contributed by atoms with Crippen LogP contribution in [-0.2, 0) is 4.79 Å². The second kappa shape index (κ2) is 8.02. The van der Waals surface area contributed by atoms with Gasteiger partial charge < -0.3 is 15.0 Å². The van der Waals surface area contributed by atoms with E-state index in [-0.39, 0.29) is 18.3 Å². The van der Waals surface area contributed by atoms with Crippen LogP contribution in [0.3, 0.4) is 0 Å². The number of rotatable bonds is 4. The zero-order valence-electron chi connectivity index (χ0n) is 14.0. The molecule has 2 aliphatic rings. The fraction of sp³-hybridized carbons (Fsp3) is 0.611. The number of fused-ring (bicyclic) bond motifs is 2. The van der Waals surface area contributed by atoms with E-state index in [4.69, 9.17) is 4.74 Å². The summed E-state index contributed by atoms with van der Waals surface area (Å²) in [7, 11) is 0. The van der Waals surface area contributed by atoms with E-state index in [0.717, 1.165) is 38.1 Å². The van der Waals surface area contributed by atoms with Gasteiger partial charge in [0.25, 0.3) is 0 Å². The third-order valence-electron chi connectivity index (χ3n) is 5.01. The Labute approximate surface area is 145 Å². The lowest BCUT2D eigenvalue weighted by Gasteiger charge is -2.28. The minimum absolute atomic E-state index is 0. The molecule has 2 unspecified atom stereocenters. The number of carbonyl (C=O) groups is 1. The second-order valence-electron chi connectivity index (χ2n) is 6.52. The summed E-state index contributed by atoms with van der Waals surface area (Å²) in [5.41, 5.74) is 2.48. The van der Waals surface area contributed by atoms with Crippen LogP contribution in [0, 0.1) is 13.8 Å². The Morgan fingerprint density at radius 2 is 2.00 bits per heavy atom. The number of carbonyl (C=O) groups excluding carboxylic acids is 1. The van der Waals surface area contributed by atoms with Crippen LogP contribution in [0.2, 0.25) is 0 Å². The Morgan fingerprint density at radius 1 is 1.22 bits per heavy atom. The predicted octanol–water partition coefficient (Wildman–Crippen LogP) is 2.85.